The van der Waals surface area contributed by atoms with Crippen molar-refractivity contribution >= 4 is 41.2 Å². The van der Waals surface area contributed by atoms with Gasteiger partial charge in [-0.2, -0.15) is 6.08 Å². The minimum atomic E-state index is -0.250. The molecular weight excluding hydrogens is 357 g/mol. The third-order valence-electron chi connectivity index (χ3n) is 0.586. The van der Waals surface area contributed by atoms with Crippen LogP contribution in [0.4, 0.5) is 0 Å². The molecule has 0 saturated heterocycles. The van der Waals surface area contributed by atoms with Gasteiger partial charge in [0.15, 0.2) is 0 Å². The summed E-state index contributed by atoms with van der Waals surface area (Å²) in [6.07, 6.45) is 10.0. The van der Waals surface area contributed by atoms with E-state index in [0.717, 1.165) is 6.42 Å². The predicted molar refractivity (Wildman–Crippen MR) is 105 cm³/mol. The normalized spacial score (nSPS) is 9.35. The summed E-state index contributed by atoms with van der Waals surface area (Å²) >= 11 is 2.03. The number of hydrogen-bond acceptors (Lipinski definition) is 0. The molecule has 0 atom stereocenters. The second-order valence-electron chi connectivity index (χ2n) is 4.75. The summed E-state index contributed by atoms with van der Waals surface area (Å²) in [5, 5.41) is 0. The molecule has 1 aliphatic carbocycles. The third kappa shape index (κ3) is 166. The van der Waals surface area contributed by atoms with E-state index in [1.807, 2.05) is 59.7 Å². The fourth-order valence-corrected chi connectivity index (χ4v) is 0.340. The number of halogens is 2. The molecule has 0 heterocycles. The molecule has 0 bridgehead atoms. The summed E-state index contributed by atoms with van der Waals surface area (Å²) < 4.78 is 0. The SMILES string of the molecule is CC(C)(C)[NH-].C[Si](C)C.Cl.Cl.[C-]1=CC=CC1.[CH3-].[CH3-].[SiH2]=[Ti]. The van der Waals surface area contributed by atoms with Crippen LogP contribution < -0.4 is 0 Å². The molecule has 6 heteroatoms. The number of nitrogens with one attached hydrogen (secondary N) is 1. The van der Waals surface area contributed by atoms with E-state index < -0.39 is 0 Å². The fraction of sp³-hybridized carbons (Fsp3) is 0.571. The van der Waals surface area contributed by atoms with Crippen molar-refractivity contribution in [2.45, 2.75) is 52.4 Å². The molecule has 20 heavy (non-hydrogen) atoms. The third-order valence-corrected chi connectivity index (χ3v) is 0.586. The Kier molecular flexibility index (Phi) is 69.1. The monoisotopic (exact) mass is 390 g/mol. The zero-order chi connectivity index (χ0) is 13.6. The molecule has 1 rings (SSSR count). The van der Waals surface area contributed by atoms with Crippen LogP contribution in [0.5, 0.6) is 0 Å². The number of rotatable bonds is 0. The van der Waals surface area contributed by atoms with Crippen LogP contribution in [-0.2, 0) is 19.2 Å². The molecule has 1 radical (unpaired) electrons. The maximum atomic E-state index is 6.94. The van der Waals surface area contributed by atoms with Gasteiger partial charge in [0.25, 0.3) is 0 Å². The van der Waals surface area contributed by atoms with Crippen LogP contribution in [-0.4, -0.2) is 22.0 Å². The van der Waals surface area contributed by atoms with Crippen LogP contribution in [0.25, 0.3) is 5.73 Å². The van der Waals surface area contributed by atoms with Crippen molar-refractivity contribution in [3.63, 3.8) is 0 Å². The van der Waals surface area contributed by atoms with E-state index in [1.54, 1.807) is 0 Å². The van der Waals surface area contributed by atoms with E-state index in [1.165, 1.54) is 0 Å². The Morgan fingerprint density at radius 2 is 1.35 bits per heavy atom. The fourth-order valence-electron chi connectivity index (χ4n) is 0.340. The van der Waals surface area contributed by atoms with Gasteiger partial charge in [0.05, 0.1) is 0 Å². The first kappa shape index (κ1) is 42.9. The second-order valence-corrected chi connectivity index (χ2v) is 7.75. The molecule has 0 aromatic heterocycles. The summed E-state index contributed by atoms with van der Waals surface area (Å²) in [6, 6.07) is 0. The Balaban J connectivity index is -0.0000000219. The molecule has 0 aromatic carbocycles. The van der Waals surface area contributed by atoms with Crippen molar-refractivity contribution < 1.29 is 19.2 Å². The van der Waals surface area contributed by atoms with E-state index >= 15 is 0 Å². The minimum absolute atomic E-state index is 0. The molecule has 125 valence electrons. The van der Waals surface area contributed by atoms with Gasteiger partial charge in [-0.15, -0.1) is 36.8 Å². The Morgan fingerprint density at radius 3 is 1.40 bits per heavy atom. The van der Waals surface area contributed by atoms with Crippen LogP contribution >= 0.6 is 24.8 Å². The van der Waals surface area contributed by atoms with Crippen molar-refractivity contribution in [3.05, 3.63) is 44.9 Å². The van der Waals surface area contributed by atoms with Gasteiger partial charge < -0.3 is 20.6 Å². The molecular formula is C14H34Cl2NSi2Ti-4. The topological polar surface area (TPSA) is 23.8 Å². The molecule has 0 fully saturated rings. The quantitative estimate of drug-likeness (QED) is 0.393. The van der Waals surface area contributed by atoms with Gasteiger partial charge in [-0.3, -0.25) is 6.08 Å². The summed E-state index contributed by atoms with van der Waals surface area (Å²) in [7, 11) is 1.98. The number of hydrogen-bond donors (Lipinski definition) is 0. The summed E-state index contributed by atoms with van der Waals surface area (Å²) in [5.74, 6) is 0. The van der Waals surface area contributed by atoms with Gasteiger partial charge in [-0.1, -0.05) is 40.4 Å². The van der Waals surface area contributed by atoms with E-state index in [0.29, 0.717) is 0 Å². The predicted octanol–water partition coefficient (Wildman–Crippen LogP) is 5.34. The van der Waals surface area contributed by atoms with Gasteiger partial charge in [0.1, 0.15) is 0 Å². The Bertz CT molecular complexity index is 175. The first-order valence-electron chi connectivity index (χ1n) is 5.32. The zero-order valence-electron chi connectivity index (χ0n) is 14.5. The van der Waals surface area contributed by atoms with Crippen molar-refractivity contribution in [3.8, 4) is 0 Å². The average Bonchev–Trinajstić information content (AvgIpc) is 2.58. The first-order chi connectivity index (χ1) is 7.23. The average molecular weight is 391 g/mol. The molecule has 1 nitrogen and oxygen atoms in total. The van der Waals surface area contributed by atoms with Crippen molar-refractivity contribution in [1.82, 2.24) is 0 Å². The molecule has 1 aliphatic rings. The van der Waals surface area contributed by atoms with Gasteiger partial charge in [-0.25, -0.2) is 12.2 Å². The van der Waals surface area contributed by atoms with Gasteiger partial charge in [-0.05, 0) is 0 Å². The maximum absolute atomic E-state index is 6.94. The molecule has 0 aromatic rings. The van der Waals surface area contributed by atoms with Gasteiger partial charge in [0.2, 0.25) is 0 Å². The van der Waals surface area contributed by atoms with Crippen LogP contribution in [0.3, 0.4) is 0 Å². The van der Waals surface area contributed by atoms with Crippen molar-refractivity contribution in [1.29, 1.82) is 0 Å². The van der Waals surface area contributed by atoms with E-state index in [-0.39, 0.29) is 54.0 Å². The Hall–Kier alpha value is 1.17. The molecule has 0 aliphatic heterocycles. The number of allylic oxidation sites excluding steroid dienone is 4. The first-order valence-corrected chi connectivity index (χ1v) is 12.3. The Morgan fingerprint density at radius 1 is 1.10 bits per heavy atom. The van der Waals surface area contributed by atoms with E-state index in [4.69, 9.17) is 5.73 Å². The summed E-state index contributed by atoms with van der Waals surface area (Å²) in [5.41, 5.74) is 6.69. The van der Waals surface area contributed by atoms with Crippen LogP contribution in [0, 0.1) is 20.9 Å². The standard InChI is InChI=1S/C5H5.C4H10N.C3H9Si.2CH3.2ClH.H2Si.Ti/c1-2-4-5-3-1;1-4(2,3)5;1-4(2)3;;;;;;/h1-3H,4H2;5H,1-3H3;1-3H3;2*1H3;2*1H;1H2;/q2*-1;;2*-1;;;;. The zero-order valence-corrected chi connectivity index (χ0v) is 20.1. The molecule has 0 spiro atoms. The van der Waals surface area contributed by atoms with Gasteiger partial charge >= 0.3 is 26.8 Å². The van der Waals surface area contributed by atoms with Crippen LogP contribution in [0.1, 0.15) is 27.2 Å². The Labute approximate surface area is 157 Å². The molecule has 0 unspecified atom stereocenters. The van der Waals surface area contributed by atoms with Gasteiger partial charge in [0, 0.05) is 8.80 Å². The molecule has 0 amide bonds. The van der Waals surface area contributed by atoms with Crippen molar-refractivity contribution in [2.75, 3.05) is 0 Å². The summed E-state index contributed by atoms with van der Waals surface area (Å²) in [4.78, 5) is 0. The van der Waals surface area contributed by atoms with E-state index in [9.17, 15) is 0 Å². The summed E-state index contributed by atoms with van der Waals surface area (Å²) in [6.45, 7) is 12.4. The second kappa shape index (κ2) is 32.2. The molecule has 0 saturated carbocycles. The van der Waals surface area contributed by atoms with Crippen molar-refractivity contribution in [2.24, 2.45) is 0 Å². The van der Waals surface area contributed by atoms with Crippen LogP contribution in [0.15, 0.2) is 18.2 Å². The molecule has 1 N–H and O–H groups in total. The van der Waals surface area contributed by atoms with E-state index in [2.05, 4.69) is 31.8 Å². The van der Waals surface area contributed by atoms with Crippen LogP contribution in [0.2, 0.25) is 19.6 Å².